The number of alkyl halides is 2. The Morgan fingerprint density at radius 3 is 2.32 bits per heavy atom. The number of aliphatic carboxylic acids is 1. The van der Waals surface area contributed by atoms with Crippen molar-refractivity contribution in [1.29, 1.82) is 0 Å². The van der Waals surface area contributed by atoms with Crippen LogP contribution < -0.4 is 21.3 Å². The Morgan fingerprint density at radius 2 is 1.66 bits per heavy atom. The van der Waals surface area contributed by atoms with E-state index in [1.54, 1.807) is 42.6 Å². The number of hydrogen-bond donors (Lipinski definition) is 2. The summed E-state index contributed by atoms with van der Waals surface area (Å²) >= 11 is 13.9. The number of methoxy groups -OCH3 is 1. The quantitative estimate of drug-likeness (QED) is 0.199. The Labute approximate surface area is 293 Å². The van der Waals surface area contributed by atoms with Crippen LogP contribution in [-0.2, 0) is 25.4 Å². The van der Waals surface area contributed by atoms with Crippen LogP contribution in [0.1, 0.15) is 30.8 Å². The Kier molecular flexibility index (Phi) is 9.82. The number of ether oxygens (including phenoxy) is 1. The zero-order valence-electron chi connectivity index (χ0n) is 27.0. The second-order valence-corrected chi connectivity index (χ2v) is 12.5. The Bertz CT molecular complexity index is 2260. The van der Waals surface area contributed by atoms with E-state index >= 15 is 0 Å². The molecule has 6 rings (SSSR count). The molecule has 1 fully saturated rings. The van der Waals surface area contributed by atoms with Gasteiger partial charge in [-0.1, -0.05) is 53.5 Å². The van der Waals surface area contributed by atoms with Crippen molar-refractivity contribution in [2.24, 2.45) is 20.0 Å². The number of carbonyl (C=O) groups is 1. The van der Waals surface area contributed by atoms with Crippen molar-refractivity contribution in [3.8, 4) is 28.3 Å². The fourth-order valence-electron chi connectivity index (χ4n) is 5.91. The van der Waals surface area contributed by atoms with Gasteiger partial charge in [0.05, 0.1) is 40.7 Å². The molecule has 0 unspecified atom stereocenters. The summed E-state index contributed by atoms with van der Waals surface area (Å²) in [5.41, 5.74) is 0.990. The Balaban J connectivity index is 1.34. The van der Waals surface area contributed by atoms with Gasteiger partial charge in [0.25, 0.3) is 12.0 Å². The van der Waals surface area contributed by atoms with Gasteiger partial charge in [0.2, 0.25) is 5.88 Å². The molecule has 0 aliphatic carbocycles. The van der Waals surface area contributed by atoms with Crippen LogP contribution in [0.4, 0.5) is 20.3 Å². The van der Waals surface area contributed by atoms with Crippen molar-refractivity contribution in [3.63, 3.8) is 0 Å². The zero-order valence-corrected chi connectivity index (χ0v) is 28.5. The average molecular weight is 728 g/mol. The largest absolute Gasteiger partial charge is 0.481 e. The number of piperidine rings is 1. The van der Waals surface area contributed by atoms with Crippen LogP contribution in [0.2, 0.25) is 10.0 Å². The minimum absolute atomic E-state index is 0.143. The number of halogens is 4. The molecule has 1 aliphatic heterocycles. The molecule has 2 aromatic carbocycles. The fraction of sp³-hybridized carbons (Fsp3) is 0.303. The zero-order chi connectivity index (χ0) is 35.9. The Morgan fingerprint density at radius 1 is 1.00 bits per heavy atom. The number of nitrogens with zero attached hydrogens (tertiary/aromatic N) is 7. The average Bonchev–Trinajstić information content (AvgIpc) is 3.11. The summed E-state index contributed by atoms with van der Waals surface area (Å²) in [7, 11) is 4.07. The van der Waals surface area contributed by atoms with E-state index in [1.165, 1.54) is 21.2 Å². The monoisotopic (exact) mass is 726 g/mol. The summed E-state index contributed by atoms with van der Waals surface area (Å²) in [4.78, 5) is 56.1. The van der Waals surface area contributed by atoms with Crippen molar-refractivity contribution in [3.05, 3.63) is 85.0 Å². The number of hydrogen-bond acceptors (Lipinski definition) is 10. The summed E-state index contributed by atoms with van der Waals surface area (Å²) < 4.78 is 35.0. The molecular formula is C33H30Cl2F2N8O5. The lowest BCUT2D eigenvalue weighted by atomic mass is 9.97. The molecule has 0 saturated carbocycles. The van der Waals surface area contributed by atoms with Crippen LogP contribution in [0, 0.1) is 5.92 Å². The summed E-state index contributed by atoms with van der Waals surface area (Å²) in [5.74, 6) is -1.96. The molecule has 0 radical (unpaired) electrons. The third-order valence-electron chi connectivity index (χ3n) is 8.64. The second-order valence-electron chi connectivity index (χ2n) is 11.7. The van der Waals surface area contributed by atoms with Gasteiger partial charge in [-0.2, -0.15) is 0 Å². The van der Waals surface area contributed by atoms with Gasteiger partial charge in [0.1, 0.15) is 16.9 Å². The number of aryl methyl sites for hydroxylation is 1. The predicted octanol–water partition coefficient (Wildman–Crippen LogP) is 5.44. The van der Waals surface area contributed by atoms with E-state index in [2.05, 4.69) is 30.2 Å². The molecular weight excluding hydrogens is 697 g/mol. The third kappa shape index (κ3) is 6.51. The lowest BCUT2D eigenvalue weighted by molar-refractivity contribution is -0.143. The van der Waals surface area contributed by atoms with Gasteiger partial charge in [0.15, 0.2) is 11.5 Å². The predicted molar refractivity (Wildman–Crippen MR) is 183 cm³/mol. The summed E-state index contributed by atoms with van der Waals surface area (Å²) in [5, 5.41) is 12.5. The highest BCUT2D eigenvalue weighted by Crippen LogP contribution is 2.42. The van der Waals surface area contributed by atoms with E-state index in [-0.39, 0.29) is 33.5 Å². The standard InChI is InChI=1S/C33H30Cl2F2N8O5/c1-43-29-23(31(46)44(2)33(43)49)27(41-28(42-29)26(36)37)39-20-9-5-7-18(25(20)35)17-6-4-8-19(24(17)34)21-14-38-22(30(40-21)50-3)15-45-12-10-16(11-13-45)32(47)48/h4-9,14,16,26H,10-13,15H2,1-3H3,(H,47,48)(H,39,41,42). The number of likely N-dealkylation sites (tertiary alicyclic amines) is 1. The minimum Gasteiger partial charge on any atom is -0.481 e. The smallest absolute Gasteiger partial charge is 0.332 e. The molecule has 0 spiro atoms. The van der Waals surface area contributed by atoms with E-state index in [9.17, 15) is 28.3 Å². The molecule has 3 aromatic heterocycles. The third-order valence-corrected chi connectivity index (χ3v) is 9.46. The SMILES string of the molecule is COc1nc(-c2cccc(-c3cccc(Nc4nc(C(F)F)nc5c4c(=O)n(C)c(=O)n5C)c3Cl)c2Cl)cnc1CN1CCC(C(=O)O)CC1. The maximum atomic E-state index is 13.8. The Hall–Kier alpha value is -4.99. The van der Waals surface area contributed by atoms with E-state index in [1.807, 2.05) is 0 Å². The minimum atomic E-state index is -3.09. The van der Waals surface area contributed by atoms with Crippen molar-refractivity contribution in [2.45, 2.75) is 25.8 Å². The van der Waals surface area contributed by atoms with Crippen LogP contribution in [0.5, 0.6) is 5.88 Å². The molecule has 50 heavy (non-hydrogen) atoms. The molecule has 0 amide bonds. The first-order chi connectivity index (χ1) is 23.9. The summed E-state index contributed by atoms with van der Waals surface area (Å²) in [6.07, 6.45) is -0.399. The van der Waals surface area contributed by atoms with Gasteiger partial charge in [-0.15, -0.1) is 0 Å². The molecule has 2 N–H and O–H groups in total. The molecule has 4 heterocycles. The molecule has 5 aromatic rings. The van der Waals surface area contributed by atoms with Gasteiger partial charge in [-0.05, 0) is 32.0 Å². The molecule has 260 valence electrons. The second kappa shape index (κ2) is 14.1. The highest BCUT2D eigenvalue weighted by atomic mass is 35.5. The van der Waals surface area contributed by atoms with E-state index < -0.39 is 29.5 Å². The lowest BCUT2D eigenvalue weighted by Crippen LogP contribution is -2.38. The number of anilines is 2. The van der Waals surface area contributed by atoms with E-state index in [0.717, 1.165) is 9.13 Å². The molecule has 17 heteroatoms. The van der Waals surface area contributed by atoms with Gasteiger partial charge < -0.3 is 15.2 Å². The fourth-order valence-corrected chi connectivity index (χ4v) is 6.51. The first kappa shape index (κ1) is 34.9. The van der Waals surface area contributed by atoms with Crippen LogP contribution in [0.25, 0.3) is 33.4 Å². The summed E-state index contributed by atoms with van der Waals surface area (Å²) in [6, 6.07) is 10.2. The topological polar surface area (TPSA) is 157 Å². The van der Waals surface area contributed by atoms with Crippen LogP contribution in [-0.4, -0.2) is 65.2 Å². The van der Waals surface area contributed by atoms with Crippen molar-refractivity contribution in [2.75, 3.05) is 25.5 Å². The maximum Gasteiger partial charge on any atom is 0.332 e. The van der Waals surface area contributed by atoms with E-state index in [4.69, 9.17) is 27.9 Å². The van der Waals surface area contributed by atoms with Crippen LogP contribution >= 0.6 is 23.2 Å². The van der Waals surface area contributed by atoms with E-state index in [0.29, 0.717) is 71.5 Å². The van der Waals surface area contributed by atoms with Crippen molar-refractivity contribution in [1.82, 2.24) is 34.0 Å². The highest BCUT2D eigenvalue weighted by Gasteiger charge is 2.26. The maximum absolute atomic E-state index is 13.8. The van der Waals surface area contributed by atoms with Gasteiger partial charge in [-0.3, -0.25) is 28.6 Å². The number of carboxylic acids is 1. The number of benzene rings is 2. The summed E-state index contributed by atoms with van der Waals surface area (Å²) in [6.45, 7) is 1.67. The highest BCUT2D eigenvalue weighted by molar-refractivity contribution is 6.39. The lowest BCUT2D eigenvalue weighted by Gasteiger charge is -2.29. The normalized spacial score (nSPS) is 14.0. The number of nitrogens with one attached hydrogen (secondary N) is 1. The molecule has 13 nitrogen and oxygen atoms in total. The number of carboxylic acid groups (broad SMARTS) is 1. The molecule has 1 saturated heterocycles. The molecule has 0 bridgehead atoms. The number of aromatic nitrogens is 6. The van der Waals surface area contributed by atoms with Crippen LogP contribution in [0.15, 0.2) is 52.2 Å². The first-order valence-corrected chi connectivity index (χ1v) is 16.1. The number of rotatable bonds is 9. The van der Waals surface area contributed by atoms with Crippen molar-refractivity contribution < 1.29 is 23.4 Å². The van der Waals surface area contributed by atoms with Crippen molar-refractivity contribution >= 4 is 51.7 Å². The van der Waals surface area contributed by atoms with Crippen LogP contribution in [0.3, 0.4) is 0 Å². The van der Waals surface area contributed by atoms with Gasteiger partial charge >= 0.3 is 11.7 Å². The molecule has 1 aliphatic rings. The number of fused-ring (bicyclic) bond motifs is 1. The van der Waals surface area contributed by atoms with Gasteiger partial charge in [-0.25, -0.2) is 28.5 Å². The molecule has 0 atom stereocenters. The first-order valence-electron chi connectivity index (χ1n) is 15.3. The van der Waals surface area contributed by atoms with Gasteiger partial charge in [0, 0.05) is 37.3 Å².